The van der Waals surface area contributed by atoms with E-state index in [0.29, 0.717) is 21.2 Å². The monoisotopic (exact) mass is 446 g/mol. The van der Waals surface area contributed by atoms with Crippen LogP contribution in [-0.2, 0) is 10.1 Å². The Morgan fingerprint density at radius 1 is 0.931 bits per heavy atom. The zero-order chi connectivity index (χ0) is 20.6. The van der Waals surface area contributed by atoms with Crippen LogP contribution >= 0.6 is 23.2 Å². The summed E-state index contributed by atoms with van der Waals surface area (Å²) < 4.78 is 35.6. The molecule has 0 N–H and O–H groups in total. The average Bonchev–Trinajstić information content (AvgIpc) is 2.98. The lowest BCUT2D eigenvalue weighted by Gasteiger charge is -2.08. The van der Waals surface area contributed by atoms with Crippen LogP contribution in [0.2, 0.25) is 10.0 Å². The van der Waals surface area contributed by atoms with Crippen molar-refractivity contribution in [2.24, 2.45) is 0 Å². The lowest BCUT2D eigenvalue weighted by Crippen LogP contribution is -2.09. The normalized spacial score (nSPS) is 14.6. The maximum absolute atomic E-state index is 12.6. The van der Waals surface area contributed by atoms with Crippen molar-refractivity contribution in [3.05, 3.63) is 93.7 Å². The van der Waals surface area contributed by atoms with Crippen LogP contribution in [0.1, 0.15) is 15.9 Å². The number of halogens is 2. The number of ketones is 1. The van der Waals surface area contributed by atoms with Crippen molar-refractivity contribution in [2.75, 3.05) is 0 Å². The minimum Gasteiger partial charge on any atom is -0.452 e. The summed E-state index contributed by atoms with van der Waals surface area (Å²) in [7, 11) is -4.06. The summed E-state index contributed by atoms with van der Waals surface area (Å²) in [5.74, 6) is -0.0135. The van der Waals surface area contributed by atoms with E-state index in [4.69, 9.17) is 32.1 Å². The van der Waals surface area contributed by atoms with Crippen molar-refractivity contribution in [1.29, 1.82) is 0 Å². The van der Waals surface area contributed by atoms with Crippen LogP contribution in [0.25, 0.3) is 6.08 Å². The van der Waals surface area contributed by atoms with Crippen molar-refractivity contribution < 1.29 is 22.1 Å². The fraction of sp³-hybridized carbons (Fsp3) is 0. The Morgan fingerprint density at radius 2 is 1.66 bits per heavy atom. The van der Waals surface area contributed by atoms with E-state index < -0.39 is 10.1 Å². The Labute approximate surface area is 177 Å². The quantitative estimate of drug-likeness (QED) is 0.397. The first-order chi connectivity index (χ1) is 13.8. The zero-order valence-corrected chi connectivity index (χ0v) is 17.0. The smallest absolute Gasteiger partial charge is 0.339 e. The summed E-state index contributed by atoms with van der Waals surface area (Å²) in [6.45, 7) is 0. The van der Waals surface area contributed by atoms with Gasteiger partial charge >= 0.3 is 10.1 Å². The summed E-state index contributed by atoms with van der Waals surface area (Å²) in [5, 5.41) is 0.886. The van der Waals surface area contributed by atoms with E-state index in [1.165, 1.54) is 48.5 Å². The number of rotatable bonds is 4. The van der Waals surface area contributed by atoms with Gasteiger partial charge in [0.1, 0.15) is 16.4 Å². The van der Waals surface area contributed by atoms with Gasteiger partial charge in [0.05, 0.1) is 5.56 Å². The molecule has 0 spiro atoms. The third kappa shape index (κ3) is 4.00. The maximum atomic E-state index is 12.6. The number of ether oxygens (including phenoxy) is 1. The summed E-state index contributed by atoms with van der Waals surface area (Å²) in [6, 6.07) is 16.8. The Hall–Kier alpha value is -2.80. The largest absolute Gasteiger partial charge is 0.452 e. The van der Waals surface area contributed by atoms with E-state index >= 15 is 0 Å². The number of carbonyl (C=O) groups is 1. The van der Waals surface area contributed by atoms with Crippen molar-refractivity contribution in [1.82, 2.24) is 0 Å². The van der Waals surface area contributed by atoms with Crippen LogP contribution in [0.4, 0.5) is 0 Å². The fourth-order valence-corrected chi connectivity index (χ4v) is 3.97. The minimum atomic E-state index is -4.06. The van der Waals surface area contributed by atoms with Crippen LogP contribution in [0.3, 0.4) is 0 Å². The Balaban J connectivity index is 1.61. The summed E-state index contributed by atoms with van der Waals surface area (Å²) >= 11 is 11.9. The standard InChI is InChI=1S/C21H12Cl2O5S/c22-14-5-8-16(9-6-14)29(25,26)28-15-7-10-17-19(12-15)27-20(21(17)24)11-13-3-1-2-4-18(13)23/h1-12H/b20-11-. The summed E-state index contributed by atoms with van der Waals surface area (Å²) in [6.07, 6.45) is 1.54. The molecule has 0 amide bonds. The SMILES string of the molecule is O=C1/C(=C/c2ccccc2Cl)Oc2cc(OS(=O)(=O)c3ccc(Cl)cc3)ccc21. The summed E-state index contributed by atoms with van der Waals surface area (Å²) in [4.78, 5) is 12.5. The molecule has 8 heteroatoms. The molecule has 1 heterocycles. The molecule has 0 atom stereocenters. The van der Waals surface area contributed by atoms with Gasteiger partial charge < -0.3 is 8.92 Å². The van der Waals surface area contributed by atoms with E-state index in [-0.39, 0.29) is 27.9 Å². The van der Waals surface area contributed by atoms with Gasteiger partial charge in [0.2, 0.25) is 5.78 Å². The number of Topliss-reactive ketones (excluding diaryl/α,β-unsaturated/α-hetero) is 1. The van der Waals surface area contributed by atoms with E-state index in [0.717, 1.165) is 0 Å². The highest BCUT2D eigenvalue weighted by Gasteiger charge is 2.29. The van der Waals surface area contributed by atoms with Crippen LogP contribution < -0.4 is 8.92 Å². The molecule has 0 fully saturated rings. The van der Waals surface area contributed by atoms with Gasteiger partial charge in [-0.2, -0.15) is 8.42 Å². The summed E-state index contributed by atoms with van der Waals surface area (Å²) in [5.41, 5.74) is 0.937. The third-order valence-corrected chi connectivity index (χ3v) is 6.00. The Kier molecular flexibility index (Phi) is 5.08. The topological polar surface area (TPSA) is 69.7 Å². The minimum absolute atomic E-state index is 0.0190. The first kappa shape index (κ1) is 19.5. The van der Waals surface area contributed by atoms with Crippen molar-refractivity contribution in [3.8, 4) is 11.5 Å². The highest BCUT2D eigenvalue weighted by atomic mass is 35.5. The second-order valence-electron chi connectivity index (χ2n) is 6.11. The molecular weight excluding hydrogens is 435 g/mol. The molecule has 0 bridgehead atoms. The highest BCUT2D eigenvalue weighted by Crippen LogP contribution is 2.36. The zero-order valence-electron chi connectivity index (χ0n) is 14.6. The van der Waals surface area contributed by atoms with Crippen LogP contribution in [0.15, 0.2) is 77.4 Å². The molecule has 0 aliphatic carbocycles. The number of fused-ring (bicyclic) bond motifs is 1. The number of carbonyl (C=O) groups excluding carboxylic acids is 1. The molecule has 1 aliphatic rings. The van der Waals surface area contributed by atoms with Gasteiger partial charge in [0.15, 0.2) is 5.76 Å². The maximum Gasteiger partial charge on any atom is 0.339 e. The van der Waals surface area contributed by atoms with Crippen LogP contribution in [-0.4, -0.2) is 14.2 Å². The van der Waals surface area contributed by atoms with Gasteiger partial charge in [0, 0.05) is 16.1 Å². The molecule has 4 rings (SSSR count). The predicted octanol–water partition coefficient (Wildman–Crippen LogP) is 5.38. The molecule has 3 aromatic carbocycles. The first-order valence-corrected chi connectivity index (χ1v) is 10.5. The number of hydrogen-bond donors (Lipinski definition) is 0. The van der Waals surface area contributed by atoms with E-state index in [9.17, 15) is 13.2 Å². The predicted molar refractivity (Wildman–Crippen MR) is 110 cm³/mol. The second-order valence-corrected chi connectivity index (χ2v) is 8.50. The lowest BCUT2D eigenvalue weighted by molar-refractivity contribution is 0.101. The molecule has 146 valence electrons. The highest BCUT2D eigenvalue weighted by molar-refractivity contribution is 7.87. The van der Waals surface area contributed by atoms with E-state index in [2.05, 4.69) is 0 Å². The first-order valence-electron chi connectivity index (χ1n) is 8.36. The molecule has 29 heavy (non-hydrogen) atoms. The molecule has 0 unspecified atom stereocenters. The molecule has 1 aliphatic heterocycles. The fourth-order valence-electron chi connectivity index (χ4n) is 2.73. The third-order valence-electron chi connectivity index (χ3n) is 4.14. The van der Waals surface area contributed by atoms with Crippen LogP contribution in [0, 0.1) is 0 Å². The molecule has 0 aromatic heterocycles. The van der Waals surface area contributed by atoms with Gasteiger partial charge in [0.25, 0.3) is 0 Å². The van der Waals surface area contributed by atoms with E-state index in [1.54, 1.807) is 24.3 Å². The lowest BCUT2D eigenvalue weighted by atomic mass is 10.1. The molecule has 0 radical (unpaired) electrons. The number of benzene rings is 3. The molecule has 0 saturated carbocycles. The Morgan fingerprint density at radius 3 is 2.38 bits per heavy atom. The van der Waals surface area contributed by atoms with Crippen molar-refractivity contribution in [2.45, 2.75) is 4.90 Å². The average molecular weight is 447 g/mol. The van der Waals surface area contributed by atoms with Gasteiger partial charge in [-0.15, -0.1) is 0 Å². The van der Waals surface area contributed by atoms with Gasteiger partial charge in [-0.3, -0.25) is 4.79 Å². The second kappa shape index (κ2) is 7.55. The van der Waals surface area contributed by atoms with Gasteiger partial charge in [-0.25, -0.2) is 0 Å². The molecule has 0 saturated heterocycles. The van der Waals surface area contributed by atoms with Crippen molar-refractivity contribution >= 4 is 45.2 Å². The van der Waals surface area contributed by atoms with Gasteiger partial charge in [-0.1, -0.05) is 41.4 Å². The molecular formula is C21H12Cl2O5S. The number of hydrogen-bond acceptors (Lipinski definition) is 5. The van der Waals surface area contributed by atoms with Crippen LogP contribution in [0.5, 0.6) is 11.5 Å². The van der Waals surface area contributed by atoms with Gasteiger partial charge in [-0.05, 0) is 54.1 Å². The Bertz CT molecular complexity index is 1250. The molecule has 3 aromatic rings. The van der Waals surface area contributed by atoms with E-state index in [1.807, 2.05) is 0 Å². The number of allylic oxidation sites excluding steroid dienone is 1. The van der Waals surface area contributed by atoms with Crippen molar-refractivity contribution in [3.63, 3.8) is 0 Å². The molecule has 5 nitrogen and oxygen atoms in total.